The van der Waals surface area contributed by atoms with E-state index in [1.165, 1.54) is 0 Å². The highest BCUT2D eigenvalue weighted by molar-refractivity contribution is 5.88. The molecule has 0 aliphatic carbocycles. The average molecular weight is 182 g/mol. The number of H-pyrrole nitrogens is 2. The van der Waals surface area contributed by atoms with E-state index >= 15 is 0 Å². The third-order valence-corrected chi connectivity index (χ3v) is 1.33. The number of rotatable bonds is 4. The van der Waals surface area contributed by atoms with Gasteiger partial charge in [-0.1, -0.05) is 6.08 Å². The number of nitrogens with zero attached hydrogens (tertiary/aromatic N) is 1. The summed E-state index contributed by atoms with van der Waals surface area (Å²) in [6.45, 7) is 3.48. The number of hydrogen-bond acceptors (Lipinski definition) is 3. The fourth-order valence-electron chi connectivity index (χ4n) is 0.757. The van der Waals surface area contributed by atoms with E-state index in [0.717, 1.165) is 0 Å². The van der Waals surface area contributed by atoms with Crippen molar-refractivity contribution in [1.29, 1.82) is 0 Å². The van der Waals surface area contributed by atoms with Crippen molar-refractivity contribution in [2.24, 2.45) is 0 Å². The van der Waals surface area contributed by atoms with Crippen LogP contribution in [0.25, 0.3) is 0 Å². The van der Waals surface area contributed by atoms with Gasteiger partial charge in [-0.05, 0) is 6.42 Å². The smallest absolute Gasteiger partial charge is 0.295 e. The quantitative estimate of drug-likeness (QED) is 0.572. The molecule has 1 amide bonds. The second-order valence-electron chi connectivity index (χ2n) is 2.40. The van der Waals surface area contributed by atoms with Gasteiger partial charge < -0.3 is 0 Å². The molecule has 0 saturated carbocycles. The Balaban J connectivity index is 2.45. The van der Waals surface area contributed by atoms with E-state index in [9.17, 15) is 9.59 Å². The maximum Gasteiger partial charge on any atom is 0.342 e. The first-order valence-electron chi connectivity index (χ1n) is 3.78. The molecule has 1 aromatic heterocycles. The third-order valence-electron chi connectivity index (χ3n) is 1.33. The van der Waals surface area contributed by atoms with E-state index in [1.807, 2.05) is 0 Å². The number of allylic oxidation sites excluding steroid dienone is 1. The monoisotopic (exact) mass is 182 g/mol. The van der Waals surface area contributed by atoms with Gasteiger partial charge in [0.05, 0.1) is 0 Å². The first-order valence-corrected chi connectivity index (χ1v) is 3.78. The van der Waals surface area contributed by atoms with Crippen molar-refractivity contribution in [2.45, 2.75) is 12.8 Å². The van der Waals surface area contributed by atoms with Crippen LogP contribution in [0.4, 0.5) is 5.95 Å². The molecule has 0 atom stereocenters. The molecule has 13 heavy (non-hydrogen) atoms. The van der Waals surface area contributed by atoms with Gasteiger partial charge in [0.15, 0.2) is 0 Å². The number of hydrogen-bond donors (Lipinski definition) is 3. The van der Waals surface area contributed by atoms with Gasteiger partial charge >= 0.3 is 5.69 Å². The zero-order chi connectivity index (χ0) is 9.68. The van der Waals surface area contributed by atoms with Gasteiger partial charge in [-0.15, -0.1) is 11.7 Å². The lowest BCUT2D eigenvalue weighted by Gasteiger charge is -1.97. The van der Waals surface area contributed by atoms with Crippen LogP contribution in [0, 0.1) is 0 Å². The number of anilines is 1. The van der Waals surface area contributed by atoms with Crippen molar-refractivity contribution >= 4 is 11.9 Å². The second-order valence-corrected chi connectivity index (χ2v) is 2.40. The normalized spacial score (nSPS) is 9.54. The van der Waals surface area contributed by atoms with Crippen molar-refractivity contribution < 1.29 is 4.79 Å². The molecule has 0 radical (unpaired) electrons. The first-order chi connectivity index (χ1) is 6.22. The number of carbonyl (C=O) groups is 1. The largest absolute Gasteiger partial charge is 0.342 e. The van der Waals surface area contributed by atoms with E-state index in [1.54, 1.807) is 6.08 Å². The Morgan fingerprint density at radius 3 is 3.00 bits per heavy atom. The van der Waals surface area contributed by atoms with Crippen LogP contribution in [0.1, 0.15) is 12.8 Å². The van der Waals surface area contributed by atoms with Crippen molar-refractivity contribution in [3.63, 3.8) is 0 Å². The molecule has 1 heterocycles. The molecule has 1 rings (SSSR count). The zero-order valence-corrected chi connectivity index (χ0v) is 6.96. The van der Waals surface area contributed by atoms with Crippen LogP contribution in [-0.4, -0.2) is 21.1 Å². The van der Waals surface area contributed by atoms with Crippen LogP contribution >= 0.6 is 0 Å². The van der Waals surface area contributed by atoms with E-state index in [0.29, 0.717) is 12.8 Å². The Bertz CT molecular complexity index is 351. The molecule has 6 heteroatoms. The second kappa shape index (κ2) is 4.24. The molecule has 0 aliphatic heterocycles. The number of carbonyl (C=O) groups excluding carboxylic acids is 1. The van der Waals surface area contributed by atoms with Crippen LogP contribution in [0.2, 0.25) is 0 Å². The van der Waals surface area contributed by atoms with Crippen molar-refractivity contribution in [2.75, 3.05) is 5.32 Å². The van der Waals surface area contributed by atoms with Gasteiger partial charge in [-0.2, -0.15) is 0 Å². The molecule has 0 fully saturated rings. The predicted molar refractivity (Wildman–Crippen MR) is 47.3 cm³/mol. The van der Waals surface area contributed by atoms with E-state index < -0.39 is 5.69 Å². The van der Waals surface area contributed by atoms with E-state index in [4.69, 9.17) is 0 Å². The molecule has 70 valence electrons. The minimum Gasteiger partial charge on any atom is -0.295 e. The lowest BCUT2D eigenvalue weighted by atomic mass is 10.3. The van der Waals surface area contributed by atoms with Crippen LogP contribution in [0.3, 0.4) is 0 Å². The summed E-state index contributed by atoms with van der Waals surface area (Å²) in [5.41, 5.74) is -0.445. The van der Waals surface area contributed by atoms with Crippen LogP contribution in [0.15, 0.2) is 17.4 Å². The molecule has 0 aromatic carbocycles. The fraction of sp³-hybridized carbons (Fsp3) is 0.286. The molecule has 0 spiro atoms. The Labute approximate surface area is 74.1 Å². The highest BCUT2D eigenvalue weighted by Crippen LogP contribution is 1.95. The summed E-state index contributed by atoms with van der Waals surface area (Å²) < 4.78 is 0. The number of aromatic nitrogens is 3. The highest BCUT2D eigenvalue weighted by Gasteiger charge is 2.02. The van der Waals surface area contributed by atoms with Gasteiger partial charge in [0.2, 0.25) is 11.9 Å². The van der Waals surface area contributed by atoms with Crippen molar-refractivity contribution in [3.05, 3.63) is 23.1 Å². The molecular weight excluding hydrogens is 172 g/mol. The Hall–Kier alpha value is -1.85. The maximum absolute atomic E-state index is 11.0. The van der Waals surface area contributed by atoms with Crippen LogP contribution < -0.4 is 11.0 Å². The minimum atomic E-state index is -0.445. The van der Waals surface area contributed by atoms with Crippen LogP contribution in [-0.2, 0) is 4.79 Å². The lowest BCUT2D eigenvalue weighted by molar-refractivity contribution is -0.116. The van der Waals surface area contributed by atoms with Crippen molar-refractivity contribution in [1.82, 2.24) is 15.2 Å². The molecule has 3 N–H and O–H groups in total. The maximum atomic E-state index is 11.0. The summed E-state index contributed by atoms with van der Waals surface area (Å²) in [6, 6.07) is 0. The molecule has 1 aromatic rings. The third kappa shape index (κ3) is 2.94. The van der Waals surface area contributed by atoms with E-state index in [2.05, 4.69) is 27.1 Å². The van der Waals surface area contributed by atoms with Gasteiger partial charge in [-0.3, -0.25) is 15.1 Å². The fourth-order valence-corrected chi connectivity index (χ4v) is 0.757. The molecule has 6 nitrogen and oxygen atoms in total. The van der Waals surface area contributed by atoms with Crippen molar-refractivity contribution in [3.8, 4) is 0 Å². The molecule has 0 aliphatic rings. The van der Waals surface area contributed by atoms with Gasteiger partial charge in [0.1, 0.15) is 0 Å². The lowest BCUT2D eigenvalue weighted by Crippen LogP contribution is -2.12. The van der Waals surface area contributed by atoms with Gasteiger partial charge in [-0.25, -0.2) is 9.89 Å². The molecule has 0 saturated heterocycles. The predicted octanol–water partition coefficient (Wildman–Crippen LogP) is 0.00270. The minimum absolute atomic E-state index is 0.138. The number of nitrogens with one attached hydrogen (secondary N) is 3. The summed E-state index contributed by atoms with van der Waals surface area (Å²) in [4.78, 5) is 23.9. The van der Waals surface area contributed by atoms with Gasteiger partial charge in [0, 0.05) is 6.42 Å². The standard InChI is InChI=1S/C7H10N4O2/c1-2-3-4-5(12)8-6-9-7(13)11-10-6/h2H,1,3-4H2,(H3,8,9,10,11,12,13). The topological polar surface area (TPSA) is 90.6 Å². The van der Waals surface area contributed by atoms with Gasteiger partial charge in [0.25, 0.3) is 0 Å². The molecular formula is C7H10N4O2. The Morgan fingerprint density at radius 1 is 1.69 bits per heavy atom. The number of amides is 1. The first kappa shape index (κ1) is 9.24. The average Bonchev–Trinajstić information content (AvgIpc) is 2.48. The summed E-state index contributed by atoms with van der Waals surface area (Å²) >= 11 is 0. The SMILES string of the molecule is C=CCCC(=O)Nc1n[nH]c(=O)[nH]1. The van der Waals surface area contributed by atoms with E-state index in [-0.39, 0.29) is 11.9 Å². The summed E-state index contributed by atoms with van der Waals surface area (Å²) in [5.74, 6) is -0.0679. The molecule has 0 bridgehead atoms. The summed E-state index contributed by atoms with van der Waals surface area (Å²) in [5, 5.41) is 8.06. The van der Waals surface area contributed by atoms with Crippen LogP contribution in [0.5, 0.6) is 0 Å². The highest BCUT2D eigenvalue weighted by atomic mass is 16.2. The Morgan fingerprint density at radius 2 is 2.46 bits per heavy atom. The summed E-state index contributed by atoms with van der Waals surface area (Å²) in [6.07, 6.45) is 2.58. The molecule has 0 unspecified atom stereocenters. The summed E-state index contributed by atoms with van der Waals surface area (Å²) in [7, 11) is 0. The zero-order valence-electron chi connectivity index (χ0n) is 6.96. The number of aromatic amines is 2. The Kier molecular flexibility index (Phi) is 3.02.